The first kappa shape index (κ1) is 20.4. The van der Waals surface area contributed by atoms with Gasteiger partial charge in [0.1, 0.15) is 6.04 Å². The Balaban J connectivity index is 2.12. The highest BCUT2D eigenvalue weighted by Gasteiger charge is 2.33. The number of nitrogens with zero attached hydrogens (tertiary/aromatic N) is 1. The summed E-state index contributed by atoms with van der Waals surface area (Å²) in [6.45, 7) is 5.97. The average Bonchev–Trinajstić information content (AvgIpc) is 2.59. The molecule has 0 aliphatic carbocycles. The zero-order valence-electron chi connectivity index (χ0n) is 15.3. The fraction of sp³-hybridized carbons (Fsp3) is 0.556. The maximum Gasteiger partial charge on any atom is 0.241 e. The predicted molar refractivity (Wildman–Crippen MR) is 94.4 cm³/mol. The lowest BCUT2D eigenvalue weighted by molar-refractivity contribution is -0.312. The van der Waals surface area contributed by atoms with Gasteiger partial charge in [-0.2, -0.15) is 4.72 Å². The van der Waals surface area contributed by atoms with Crippen molar-refractivity contribution < 1.29 is 23.1 Å². The van der Waals surface area contributed by atoms with Crippen LogP contribution in [0.2, 0.25) is 0 Å². The summed E-state index contributed by atoms with van der Waals surface area (Å²) in [5.41, 5.74) is 0.941. The zero-order valence-corrected chi connectivity index (χ0v) is 16.1. The van der Waals surface area contributed by atoms with Crippen LogP contribution in [0, 0.1) is 18.8 Å². The Morgan fingerprint density at radius 1 is 1.15 bits per heavy atom. The summed E-state index contributed by atoms with van der Waals surface area (Å²) in [7, 11) is -3.83. The van der Waals surface area contributed by atoms with Crippen LogP contribution in [0.15, 0.2) is 29.2 Å². The molecule has 26 heavy (non-hydrogen) atoms. The fourth-order valence-corrected chi connectivity index (χ4v) is 4.29. The molecule has 0 spiro atoms. The quantitative estimate of drug-likeness (QED) is 0.762. The van der Waals surface area contributed by atoms with Gasteiger partial charge in [-0.1, -0.05) is 31.5 Å². The molecule has 1 fully saturated rings. The summed E-state index contributed by atoms with van der Waals surface area (Å²) < 4.78 is 27.8. The molecule has 0 aromatic heterocycles. The Hall–Kier alpha value is -1.93. The van der Waals surface area contributed by atoms with E-state index in [2.05, 4.69) is 4.72 Å². The summed E-state index contributed by atoms with van der Waals surface area (Å²) in [4.78, 5) is 25.4. The number of carbonyl (C=O) groups is 2. The fourth-order valence-electron chi connectivity index (χ4n) is 2.96. The monoisotopic (exact) mass is 381 g/mol. The van der Waals surface area contributed by atoms with Crippen molar-refractivity contribution in [1.29, 1.82) is 0 Å². The molecule has 7 nitrogen and oxygen atoms in total. The first-order valence-electron chi connectivity index (χ1n) is 8.70. The predicted octanol–water partition coefficient (Wildman–Crippen LogP) is 0.286. The number of carbonyl (C=O) groups excluding carboxylic acids is 2. The first-order chi connectivity index (χ1) is 12.1. The number of aryl methyl sites for hydroxylation is 1. The Kier molecular flexibility index (Phi) is 6.41. The lowest BCUT2D eigenvalue weighted by Gasteiger charge is -2.35. The zero-order chi connectivity index (χ0) is 19.5. The molecule has 1 aliphatic rings. The topological polar surface area (TPSA) is 107 Å². The van der Waals surface area contributed by atoms with Gasteiger partial charge in [-0.25, -0.2) is 8.42 Å². The lowest BCUT2D eigenvalue weighted by Crippen LogP contribution is -2.53. The van der Waals surface area contributed by atoms with E-state index in [0.717, 1.165) is 5.56 Å². The second-order valence-electron chi connectivity index (χ2n) is 7.07. The third-order valence-corrected chi connectivity index (χ3v) is 6.14. The van der Waals surface area contributed by atoms with E-state index < -0.39 is 28.0 Å². The van der Waals surface area contributed by atoms with Crippen molar-refractivity contribution in [3.8, 4) is 0 Å². The lowest BCUT2D eigenvalue weighted by atomic mass is 9.95. The van der Waals surface area contributed by atoms with E-state index in [4.69, 9.17) is 0 Å². The van der Waals surface area contributed by atoms with Crippen LogP contribution in [0.1, 0.15) is 32.3 Å². The third-order valence-electron chi connectivity index (χ3n) is 4.69. The average molecular weight is 381 g/mol. The van der Waals surface area contributed by atoms with Gasteiger partial charge in [0.05, 0.1) is 4.90 Å². The van der Waals surface area contributed by atoms with Crippen LogP contribution in [0.25, 0.3) is 0 Å². The summed E-state index contributed by atoms with van der Waals surface area (Å²) in [5.74, 6) is -2.23. The molecule has 8 heteroatoms. The van der Waals surface area contributed by atoms with E-state index in [1.807, 2.05) is 6.92 Å². The number of carboxylic acids is 1. The van der Waals surface area contributed by atoms with Gasteiger partial charge in [-0.05, 0) is 37.8 Å². The van der Waals surface area contributed by atoms with Gasteiger partial charge in [0.25, 0.3) is 0 Å². The molecular formula is C18H25N2O5S-. The molecule has 0 bridgehead atoms. The molecule has 1 atom stereocenters. The minimum Gasteiger partial charge on any atom is -0.550 e. The van der Waals surface area contributed by atoms with Crippen LogP contribution in [0.4, 0.5) is 0 Å². The maximum atomic E-state index is 12.8. The number of carboxylic acid groups (broad SMARTS) is 1. The molecule has 1 saturated heterocycles. The standard InChI is InChI=1S/C18H26N2O5S/c1-12(2)16(17(21)20-10-8-14(9-11-20)18(22)23)19-26(24,25)15-6-4-13(3)5-7-15/h4-7,12,14,16,19H,8-11H2,1-3H3,(H,22,23)/p-1/t16-/m0/s1. The van der Waals surface area contributed by atoms with Gasteiger partial charge in [0.2, 0.25) is 15.9 Å². The smallest absolute Gasteiger partial charge is 0.241 e. The molecule has 1 N–H and O–H groups in total. The van der Waals surface area contributed by atoms with Gasteiger partial charge in [-0.15, -0.1) is 0 Å². The molecule has 0 saturated carbocycles. The number of piperidine rings is 1. The second kappa shape index (κ2) is 8.18. The van der Waals surface area contributed by atoms with Crippen LogP contribution >= 0.6 is 0 Å². The van der Waals surface area contributed by atoms with Crippen LogP contribution in [0.5, 0.6) is 0 Å². The molecule has 1 aliphatic heterocycles. The van der Waals surface area contributed by atoms with Crippen molar-refractivity contribution in [3.05, 3.63) is 29.8 Å². The first-order valence-corrected chi connectivity index (χ1v) is 10.2. The number of nitrogens with one attached hydrogen (secondary N) is 1. The normalized spacial score (nSPS) is 17.3. The van der Waals surface area contributed by atoms with Crippen molar-refractivity contribution >= 4 is 21.9 Å². The Bertz CT molecular complexity index is 750. The van der Waals surface area contributed by atoms with Gasteiger partial charge < -0.3 is 14.8 Å². The van der Waals surface area contributed by atoms with Gasteiger partial charge in [0.15, 0.2) is 0 Å². The van der Waals surface area contributed by atoms with Gasteiger partial charge >= 0.3 is 0 Å². The van der Waals surface area contributed by atoms with E-state index in [1.54, 1.807) is 26.0 Å². The van der Waals surface area contributed by atoms with Crippen molar-refractivity contribution in [3.63, 3.8) is 0 Å². The van der Waals surface area contributed by atoms with Crippen molar-refractivity contribution in [1.82, 2.24) is 9.62 Å². The highest BCUT2D eigenvalue weighted by atomic mass is 32.2. The van der Waals surface area contributed by atoms with Crippen molar-refractivity contribution in [2.45, 2.75) is 44.6 Å². The molecule has 2 rings (SSSR count). The number of hydrogen-bond acceptors (Lipinski definition) is 5. The number of hydrogen-bond donors (Lipinski definition) is 1. The van der Waals surface area contributed by atoms with Gasteiger partial charge in [0, 0.05) is 25.0 Å². The minimum atomic E-state index is -3.83. The van der Waals surface area contributed by atoms with E-state index in [9.17, 15) is 23.1 Å². The van der Waals surface area contributed by atoms with E-state index in [1.165, 1.54) is 17.0 Å². The number of benzene rings is 1. The minimum absolute atomic E-state index is 0.109. The SMILES string of the molecule is Cc1ccc(S(=O)(=O)N[C@H](C(=O)N2CCC(C(=O)[O-])CC2)C(C)C)cc1. The third kappa shape index (κ3) is 4.82. The van der Waals surface area contributed by atoms with Crippen LogP contribution in [0.3, 0.4) is 0 Å². The van der Waals surface area contributed by atoms with E-state index >= 15 is 0 Å². The summed E-state index contributed by atoms with van der Waals surface area (Å²) in [6, 6.07) is 5.51. The summed E-state index contributed by atoms with van der Waals surface area (Å²) in [6.07, 6.45) is 0.646. The molecule has 0 unspecified atom stereocenters. The molecular weight excluding hydrogens is 356 g/mol. The Morgan fingerprint density at radius 2 is 1.69 bits per heavy atom. The van der Waals surface area contributed by atoms with E-state index in [0.29, 0.717) is 12.8 Å². The van der Waals surface area contributed by atoms with Crippen LogP contribution in [-0.2, 0) is 19.6 Å². The highest BCUT2D eigenvalue weighted by Crippen LogP contribution is 2.20. The molecule has 1 heterocycles. The largest absolute Gasteiger partial charge is 0.550 e. The molecule has 0 radical (unpaired) electrons. The highest BCUT2D eigenvalue weighted by molar-refractivity contribution is 7.89. The molecule has 1 aromatic carbocycles. The molecule has 1 aromatic rings. The van der Waals surface area contributed by atoms with E-state index in [-0.39, 0.29) is 29.8 Å². The molecule has 144 valence electrons. The van der Waals surface area contributed by atoms with Crippen molar-refractivity contribution in [2.75, 3.05) is 13.1 Å². The molecule has 1 amide bonds. The van der Waals surface area contributed by atoms with Crippen molar-refractivity contribution in [2.24, 2.45) is 11.8 Å². The van der Waals surface area contributed by atoms with Crippen LogP contribution < -0.4 is 9.83 Å². The Morgan fingerprint density at radius 3 is 2.15 bits per heavy atom. The van der Waals surface area contributed by atoms with Crippen LogP contribution in [-0.4, -0.2) is 44.3 Å². The number of amides is 1. The second-order valence-corrected chi connectivity index (χ2v) is 8.79. The number of sulfonamides is 1. The maximum absolute atomic E-state index is 12.8. The summed E-state index contributed by atoms with van der Waals surface area (Å²) >= 11 is 0. The summed E-state index contributed by atoms with van der Waals surface area (Å²) in [5, 5.41) is 10.9. The van der Waals surface area contributed by atoms with Gasteiger partial charge in [-0.3, -0.25) is 4.79 Å². The number of aliphatic carboxylic acids is 1. The number of rotatable bonds is 6. The Labute approximate surface area is 154 Å². The number of likely N-dealkylation sites (tertiary alicyclic amines) is 1.